The molecule has 0 fully saturated rings. The Kier molecular flexibility index (Phi) is 2.42. The number of para-hydroxylation sites is 1. The van der Waals surface area contributed by atoms with Crippen molar-refractivity contribution in [3.05, 3.63) is 53.1 Å². The molecule has 0 saturated heterocycles. The largest absolute Gasteiger partial charge is 0.337 e. The smallest absolute Gasteiger partial charge is 0.170 e. The summed E-state index contributed by atoms with van der Waals surface area (Å²) in [5.74, 6) is -0.417. The molecule has 1 aliphatic heterocycles. The molecule has 1 aliphatic rings. The quantitative estimate of drug-likeness (QED) is 0.552. The van der Waals surface area contributed by atoms with Gasteiger partial charge in [-0.1, -0.05) is 29.8 Å². The van der Waals surface area contributed by atoms with Crippen LogP contribution in [0.5, 0.6) is 0 Å². The van der Waals surface area contributed by atoms with Gasteiger partial charge >= 0.3 is 0 Å². The van der Waals surface area contributed by atoms with E-state index >= 15 is 0 Å². The van der Waals surface area contributed by atoms with Crippen molar-refractivity contribution in [3.8, 4) is 11.3 Å². The molecule has 0 radical (unpaired) electrons. The molecule has 4 heteroatoms. The minimum absolute atomic E-state index is 0.0601. The lowest BCUT2D eigenvalue weighted by Gasteiger charge is -2.26. The molecule has 4 rings (SSSR count). The van der Waals surface area contributed by atoms with Gasteiger partial charge in [-0.05, 0) is 31.0 Å². The SMILES string of the molecule is CC1Cc2cnc(Cl)c(F)c2-c2cc3ccccc3n21. The van der Waals surface area contributed by atoms with E-state index in [1.165, 1.54) is 0 Å². The fraction of sp³-hybridized carbons (Fsp3) is 0.188. The maximum absolute atomic E-state index is 14.4. The van der Waals surface area contributed by atoms with Gasteiger partial charge in [0.15, 0.2) is 11.0 Å². The minimum atomic E-state index is -0.417. The van der Waals surface area contributed by atoms with Crippen LogP contribution in [-0.2, 0) is 6.42 Å². The van der Waals surface area contributed by atoms with E-state index in [0.29, 0.717) is 5.56 Å². The predicted octanol–water partition coefficient (Wildman–Crippen LogP) is 4.61. The normalized spacial score (nSPS) is 17.1. The molecule has 2 aromatic heterocycles. The number of hydrogen-bond acceptors (Lipinski definition) is 1. The number of hydrogen-bond donors (Lipinski definition) is 0. The van der Waals surface area contributed by atoms with Gasteiger partial charge in [-0.2, -0.15) is 0 Å². The molecule has 20 heavy (non-hydrogen) atoms. The number of rotatable bonds is 0. The fourth-order valence-electron chi connectivity index (χ4n) is 3.18. The van der Waals surface area contributed by atoms with Gasteiger partial charge in [0, 0.05) is 28.7 Å². The number of pyridine rings is 1. The van der Waals surface area contributed by atoms with Crippen LogP contribution in [0.2, 0.25) is 5.15 Å². The van der Waals surface area contributed by atoms with Crippen molar-refractivity contribution in [3.63, 3.8) is 0 Å². The van der Waals surface area contributed by atoms with E-state index in [1.54, 1.807) is 6.20 Å². The zero-order valence-electron chi connectivity index (χ0n) is 10.9. The third-order valence-electron chi connectivity index (χ3n) is 4.02. The highest BCUT2D eigenvalue weighted by molar-refractivity contribution is 6.29. The second-order valence-corrected chi connectivity index (χ2v) is 5.63. The van der Waals surface area contributed by atoms with Crippen molar-refractivity contribution in [2.24, 2.45) is 0 Å². The third kappa shape index (κ3) is 1.47. The van der Waals surface area contributed by atoms with Gasteiger partial charge < -0.3 is 4.57 Å². The first kappa shape index (κ1) is 11.9. The van der Waals surface area contributed by atoms with Crippen LogP contribution in [0.25, 0.3) is 22.2 Å². The Hall–Kier alpha value is -1.87. The highest BCUT2D eigenvalue weighted by Crippen LogP contribution is 2.41. The first-order valence-corrected chi connectivity index (χ1v) is 6.98. The number of halogens is 2. The van der Waals surface area contributed by atoms with Crippen LogP contribution < -0.4 is 0 Å². The lowest BCUT2D eigenvalue weighted by Crippen LogP contribution is -2.17. The van der Waals surface area contributed by atoms with E-state index in [1.807, 2.05) is 24.3 Å². The van der Waals surface area contributed by atoms with Gasteiger partial charge in [0.1, 0.15) is 0 Å². The number of fused-ring (bicyclic) bond motifs is 5. The molecule has 0 saturated carbocycles. The molecule has 100 valence electrons. The molecule has 1 unspecified atom stereocenters. The summed E-state index contributed by atoms with van der Waals surface area (Å²) in [7, 11) is 0. The lowest BCUT2D eigenvalue weighted by molar-refractivity contribution is 0.541. The molecule has 1 atom stereocenters. The van der Waals surface area contributed by atoms with Gasteiger partial charge in [-0.3, -0.25) is 0 Å². The van der Waals surface area contributed by atoms with Crippen molar-refractivity contribution in [2.75, 3.05) is 0 Å². The van der Waals surface area contributed by atoms with Gasteiger partial charge in [-0.25, -0.2) is 9.37 Å². The van der Waals surface area contributed by atoms with Crippen LogP contribution >= 0.6 is 11.6 Å². The molecule has 0 spiro atoms. The monoisotopic (exact) mass is 286 g/mol. The Bertz CT molecular complexity index is 838. The summed E-state index contributed by atoms with van der Waals surface area (Å²) in [4.78, 5) is 3.93. The van der Waals surface area contributed by atoms with E-state index < -0.39 is 5.82 Å². The van der Waals surface area contributed by atoms with Crippen LogP contribution in [-0.4, -0.2) is 9.55 Å². The summed E-state index contributed by atoms with van der Waals surface area (Å²) in [6, 6.07) is 10.4. The fourth-order valence-corrected chi connectivity index (χ4v) is 3.33. The third-order valence-corrected chi connectivity index (χ3v) is 4.28. The Labute approximate surface area is 120 Å². The average Bonchev–Trinajstić information content (AvgIpc) is 2.82. The molecule has 0 N–H and O–H groups in total. The zero-order chi connectivity index (χ0) is 13.9. The Morgan fingerprint density at radius 3 is 3.00 bits per heavy atom. The number of nitrogens with zero attached hydrogens (tertiary/aromatic N) is 2. The second-order valence-electron chi connectivity index (χ2n) is 5.27. The molecule has 3 aromatic rings. The van der Waals surface area contributed by atoms with Gasteiger partial charge in [0.2, 0.25) is 0 Å². The summed E-state index contributed by atoms with van der Waals surface area (Å²) in [5.41, 5.74) is 3.55. The molecule has 0 bridgehead atoms. The highest BCUT2D eigenvalue weighted by Gasteiger charge is 2.27. The summed E-state index contributed by atoms with van der Waals surface area (Å²) in [6.07, 6.45) is 2.46. The Balaban J connectivity index is 2.14. The van der Waals surface area contributed by atoms with Crippen LogP contribution in [0.3, 0.4) is 0 Å². The summed E-state index contributed by atoms with van der Waals surface area (Å²) in [6.45, 7) is 2.14. The lowest BCUT2D eigenvalue weighted by atomic mass is 9.96. The number of aromatic nitrogens is 2. The van der Waals surface area contributed by atoms with Crippen LogP contribution in [0.1, 0.15) is 18.5 Å². The van der Waals surface area contributed by atoms with Gasteiger partial charge in [0.25, 0.3) is 0 Å². The predicted molar refractivity (Wildman–Crippen MR) is 78.6 cm³/mol. The second kappa shape index (κ2) is 4.06. The van der Waals surface area contributed by atoms with E-state index in [4.69, 9.17) is 11.6 Å². The summed E-state index contributed by atoms with van der Waals surface area (Å²) < 4.78 is 16.6. The molecule has 2 nitrogen and oxygen atoms in total. The minimum Gasteiger partial charge on any atom is -0.337 e. The van der Waals surface area contributed by atoms with E-state index in [2.05, 4.69) is 22.5 Å². The van der Waals surface area contributed by atoms with E-state index in [9.17, 15) is 4.39 Å². The summed E-state index contributed by atoms with van der Waals surface area (Å²) >= 11 is 5.85. The van der Waals surface area contributed by atoms with Crippen molar-refractivity contribution in [1.29, 1.82) is 0 Å². The van der Waals surface area contributed by atoms with Crippen LogP contribution in [0.4, 0.5) is 4.39 Å². The maximum atomic E-state index is 14.4. The van der Waals surface area contributed by atoms with Gasteiger partial charge in [-0.15, -0.1) is 0 Å². The average molecular weight is 287 g/mol. The van der Waals surface area contributed by atoms with Crippen molar-refractivity contribution in [1.82, 2.24) is 9.55 Å². The standard InChI is InChI=1S/C16H12ClFN2/c1-9-6-11-8-19-16(17)15(18)14(11)13-7-10-4-2-3-5-12(10)20(9)13/h2-5,7-9H,6H2,1H3. The van der Waals surface area contributed by atoms with Crippen LogP contribution in [0.15, 0.2) is 36.5 Å². The Morgan fingerprint density at radius 2 is 2.15 bits per heavy atom. The first-order valence-electron chi connectivity index (χ1n) is 6.60. The van der Waals surface area contributed by atoms with E-state index in [0.717, 1.165) is 28.6 Å². The van der Waals surface area contributed by atoms with Crippen molar-refractivity contribution in [2.45, 2.75) is 19.4 Å². The molecule has 0 amide bonds. The zero-order valence-corrected chi connectivity index (χ0v) is 11.7. The molecule has 0 aliphatic carbocycles. The van der Waals surface area contributed by atoms with Crippen molar-refractivity contribution >= 4 is 22.5 Å². The maximum Gasteiger partial charge on any atom is 0.170 e. The first-order chi connectivity index (χ1) is 9.66. The highest BCUT2D eigenvalue weighted by atomic mass is 35.5. The van der Waals surface area contributed by atoms with Crippen molar-refractivity contribution < 1.29 is 4.39 Å². The van der Waals surface area contributed by atoms with E-state index in [-0.39, 0.29) is 11.2 Å². The van der Waals surface area contributed by atoms with Gasteiger partial charge in [0.05, 0.1) is 5.69 Å². The molecule has 3 heterocycles. The Morgan fingerprint density at radius 1 is 1.35 bits per heavy atom. The molecular weight excluding hydrogens is 275 g/mol. The number of benzene rings is 1. The topological polar surface area (TPSA) is 17.8 Å². The molecule has 1 aromatic carbocycles. The molecular formula is C16H12ClFN2. The van der Waals surface area contributed by atoms with Crippen LogP contribution in [0, 0.1) is 5.82 Å². The summed E-state index contributed by atoms with van der Waals surface area (Å²) in [5, 5.41) is 1.06.